The Bertz CT molecular complexity index is 278. The van der Waals surface area contributed by atoms with E-state index >= 15 is 0 Å². The standard InChI is InChI=1S/C10H14N2O2/c13-9-12(10-5-4-8-14-10)11-6-2-1-3-7-11/h4-5,8-9H,1-3,6-7H2. The van der Waals surface area contributed by atoms with Crippen LogP contribution in [0, 0.1) is 0 Å². The average Bonchev–Trinajstić information content (AvgIpc) is 2.74. The van der Waals surface area contributed by atoms with Crippen molar-refractivity contribution in [2.75, 3.05) is 18.1 Å². The second-order valence-electron chi connectivity index (χ2n) is 3.42. The number of hydrogen-bond acceptors (Lipinski definition) is 3. The summed E-state index contributed by atoms with van der Waals surface area (Å²) in [6.07, 6.45) is 5.93. The van der Waals surface area contributed by atoms with E-state index in [4.69, 9.17) is 4.42 Å². The summed E-state index contributed by atoms with van der Waals surface area (Å²) in [5, 5.41) is 3.58. The molecule has 0 radical (unpaired) electrons. The van der Waals surface area contributed by atoms with Gasteiger partial charge in [0.15, 0.2) is 0 Å². The molecule has 14 heavy (non-hydrogen) atoms. The highest BCUT2D eigenvalue weighted by atomic mass is 16.4. The van der Waals surface area contributed by atoms with Crippen molar-refractivity contribution >= 4 is 12.3 Å². The van der Waals surface area contributed by atoms with Crippen LogP contribution in [0.5, 0.6) is 0 Å². The van der Waals surface area contributed by atoms with Gasteiger partial charge in [0, 0.05) is 19.2 Å². The predicted molar refractivity (Wildman–Crippen MR) is 52.7 cm³/mol. The van der Waals surface area contributed by atoms with E-state index in [1.807, 2.05) is 5.01 Å². The summed E-state index contributed by atoms with van der Waals surface area (Å²) in [6, 6.07) is 3.58. The molecule has 1 aliphatic heterocycles. The molecule has 1 aliphatic rings. The number of furan rings is 1. The number of carbonyl (C=O) groups excluding carboxylic acids is 1. The number of nitrogens with zero attached hydrogens (tertiary/aromatic N) is 2. The molecule has 2 heterocycles. The molecule has 4 nitrogen and oxygen atoms in total. The van der Waals surface area contributed by atoms with Crippen molar-refractivity contribution in [3.05, 3.63) is 18.4 Å². The summed E-state index contributed by atoms with van der Waals surface area (Å²) in [4.78, 5) is 10.9. The van der Waals surface area contributed by atoms with E-state index in [2.05, 4.69) is 0 Å². The molecule has 0 aliphatic carbocycles. The van der Waals surface area contributed by atoms with Crippen molar-refractivity contribution in [3.63, 3.8) is 0 Å². The molecule has 4 heteroatoms. The summed E-state index contributed by atoms with van der Waals surface area (Å²) in [6.45, 7) is 1.86. The van der Waals surface area contributed by atoms with Crippen LogP contribution in [0.1, 0.15) is 19.3 Å². The summed E-state index contributed by atoms with van der Waals surface area (Å²) in [5.41, 5.74) is 0. The van der Waals surface area contributed by atoms with Crippen LogP contribution in [0.2, 0.25) is 0 Å². The zero-order valence-electron chi connectivity index (χ0n) is 8.06. The Kier molecular flexibility index (Phi) is 2.84. The molecule has 1 aromatic rings. The first-order valence-corrected chi connectivity index (χ1v) is 4.95. The molecule has 0 N–H and O–H groups in total. The van der Waals surface area contributed by atoms with Crippen LogP contribution in [0.3, 0.4) is 0 Å². The molecule has 0 bridgehead atoms. The summed E-state index contributed by atoms with van der Waals surface area (Å²) < 4.78 is 5.19. The molecular formula is C10H14N2O2. The monoisotopic (exact) mass is 194 g/mol. The fourth-order valence-corrected chi connectivity index (χ4v) is 1.75. The number of hydrazine groups is 1. The molecule has 1 aromatic heterocycles. The lowest BCUT2D eigenvalue weighted by atomic mass is 10.2. The lowest BCUT2D eigenvalue weighted by Gasteiger charge is -2.32. The largest absolute Gasteiger partial charge is 0.447 e. The number of rotatable bonds is 3. The highest BCUT2D eigenvalue weighted by Gasteiger charge is 2.19. The number of hydrogen-bond donors (Lipinski definition) is 0. The van der Waals surface area contributed by atoms with Gasteiger partial charge in [-0.1, -0.05) is 6.42 Å². The van der Waals surface area contributed by atoms with Gasteiger partial charge in [-0.05, 0) is 18.9 Å². The minimum atomic E-state index is 0.599. The summed E-state index contributed by atoms with van der Waals surface area (Å²) >= 11 is 0. The number of anilines is 1. The van der Waals surface area contributed by atoms with Crippen LogP contribution < -0.4 is 5.01 Å². The fourth-order valence-electron chi connectivity index (χ4n) is 1.75. The SMILES string of the molecule is O=CN(c1ccco1)N1CCCCC1. The number of carbonyl (C=O) groups is 1. The second-order valence-corrected chi connectivity index (χ2v) is 3.42. The third-order valence-corrected chi connectivity index (χ3v) is 2.47. The summed E-state index contributed by atoms with van der Waals surface area (Å²) in [5.74, 6) is 0.599. The lowest BCUT2D eigenvalue weighted by Crippen LogP contribution is -2.44. The van der Waals surface area contributed by atoms with Crippen molar-refractivity contribution in [2.24, 2.45) is 0 Å². The molecule has 1 amide bonds. The third kappa shape index (κ3) is 1.80. The minimum Gasteiger partial charge on any atom is -0.447 e. The van der Waals surface area contributed by atoms with Crippen molar-refractivity contribution < 1.29 is 9.21 Å². The van der Waals surface area contributed by atoms with E-state index in [-0.39, 0.29) is 0 Å². The number of piperidine rings is 1. The zero-order chi connectivity index (χ0) is 9.80. The highest BCUT2D eigenvalue weighted by molar-refractivity contribution is 5.70. The van der Waals surface area contributed by atoms with Gasteiger partial charge in [0.1, 0.15) is 0 Å². The molecule has 0 unspecified atom stereocenters. The van der Waals surface area contributed by atoms with Crippen LogP contribution in [-0.4, -0.2) is 24.5 Å². The highest BCUT2D eigenvalue weighted by Crippen LogP contribution is 2.18. The maximum absolute atomic E-state index is 10.9. The van der Waals surface area contributed by atoms with Crippen LogP contribution in [0.25, 0.3) is 0 Å². The molecule has 0 saturated carbocycles. The summed E-state index contributed by atoms with van der Waals surface area (Å²) in [7, 11) is 0. The van der Waals surface area contributed by atoms with Crippen molar-refractivity contribution in [2.45, 2.75) is 19.3 Å². The first-order chi connectivity index (χ1) is 6.92. The molecule has 76 valence electrons. The number of amides is 1. The van der Waals surface area contributed by atoms with Crippen molar-refractivity contribution in [1.82, 2.24) is 5.01 Å². The lowest BCUT2D eigenvalue weighted by molar-refractivity contribution is -0.110. The Morgan fingerprint density at radius 3 is 2.71 bits per heavy atom. The molecule has 2 rings (SSSR count). The van der Waals surface area contributed by atoms with Crippen LogP contribution >= 0.6 is 0 Å². The minimum absolute atomic E-state index is 0.599. The van der Waals surface area contributed by atoms with Gasteiger partial charge in [-0.3, -0.25) is 4.79 Å². The van der Waals surface area contributed by atoms with Gasteiger partial charge in [-0.15, -0.1) is 0 Å². The Morgan fingerprint density at radius 2 is 2.14 bits per heavy atom. The topological polar surface area (TPSA) is 36.7 Å². The van der Waals surface area contributed by atoms with Gasteiger partial charge in [0.25, 0.3) is 0 Å². The van der Waals surface area contributed by atoms with E-state index in [1.54, 1.807) is 23.4 Å². The first kappa shape index (κ1) is 9.27. The van der Waals surface area contributed by atoms with Gasteiger partial charge >= 0.3 is 0 Å². The van der Waals surface area contributed by atoms with Crippen LogP contribution in [0.4, 0.5) is 5.88 Å². The molecule has 1 saturated heterocycles. The average molecular weight is 194 g/mol. The molecule has 1 fully saturated rings. The van der Waals surface area contributed by atoms with Gasteiger partial charge in [0.05, 0.1) is 6.26 Å². The first-order valence-electron chi connectivity index (χ1n) is 4.95. The third-order valence-electron chi connectivity index (χ3n) is 2.47. The zero-order valence-corrected chi connectivity index (χ0v) is 8.06. The Labute approximate surface area is 83.1 Å². The van der Waals surface area contributed by atoms with E-state index in [1.165, 1.54) is 6.42 Å². The van der Waals surface area contributed by atoms with E-state index in [0.29, 0.717) is 5.88 Å². The van der Waals surface area contributed by atoms with Gasteiger partial charge in [-0.2, -0.15) is 0 Å². The van der Waals surface area contributed by atoms with Crippen molar-refractivity contribution in [1.29, 1.82) is 0 Å². The Hall–Kier alpha value is -1.29. The van der Waals surface area contributed by atoms with Gasteiger partial charge in [0.2, 0.25) is 12.3 Å². The quantitative estimate of drug-likeness (QED) is 0.686. The molecule has 0 spiro atoms. The second kappa shape index (κ2) is 4.28. The fraction of sp³-hybridized carbons (Fsp3) is 0.500. The molecular weight excluding hydrogens is 180 g/mol. The van der Waals surface area contributed by atoms with Crippen molar-refractivity contribution in [3.8, 4) is 0 Å². The van der Waals surface area contributed by atoms with Gasteiger partial charge in [-0.25, -0.2) is 10.0 Å². The van der Waals surface area contributed by atoms with E-state index in [0.717, 1.165) is 32.3 Å². The molecule has 0 atom stereocenters. The van der Waals surface area contributed by atoms with E-state index < -0.39 is 0 Å². The normalized spacial score (nSPS) is 18.0. The van der Waals surface area contributed by atoms with Crippen LogP contribution in [0.15, 0.2) is 22.8 Å². The Morgan fingerprint density at radius 1 is 1.36 bits per heavy atom. The Balaban J connectivity index is 2.08. The van der Waals surface area contributed by atoms with Gasteiger partial charge < -0.3 is 4.42 Å². The smallest absolute Gasteiger partial charge is 0.231 e. The van der Waals surface area contributed by atoms with Crippen LogP contribution in [-0.2, 0) is 4.79 Å². The predicted octanol–water partition coefficient (Wildman–Crippen LogP) is 1.64. The maximum Gasteiger partial charge on any atom is 0.231 e. The molecule has 0 aromatic carbocycles. The maximum atomic E-state index is 10.9. The van der Waals surface area contributed by atoms with E-state index in [9.17, 15) is 4.79 Å².